The minimum Gasteiger partial charge on any atom is -0.409 e. The first-order chi connectivity index (χ1) is 12.5. The standard InChI is InChI=1S/C17H16N4O3S2/c1-11-14-6-8-26-15(14)5-7-19(11)10-20-17(25)24-16(18-20)12-3-2-4-13(9-12)21(22)23/h2-4,6,8-9,11H,5,7,10H2,1H3/p+1/t11-/m0/s1. The summed E-state index contributed by atoms with van der Waals surface area (Å²) in [6.45, 7) is 3.83. The summed E-state index contributed by atoms with van der Waals surface area (Å²) in [6.07, 6.45) is 1.05. The monoisotopic (exact) mass is 389 g/mol. The van der Waals surface area contributed by atoms with Crippen molar-refractivity contribution in [1.82, 2.24) is 9.78 Å². The van der Waals surface area contributed by atoms with Crippen molar-refractivity contribution in [2.45, 2.75) is 26.1 Å². The molecule has 0 aliphatic carbocycles. The van der Waals surface area contributed by atoms with Gasteiger partial charge in [-0.1, -0.05) is 6.07 Å². The zero-order valence-corrected chi connectivity index (χ0v) is 15.7. The van der Waals surface area contributed by atoms with Crippen LogP contribution < -0.4 is 4.90 Å². The fourth-order valence-electron chi connectivity index (χ4n) is 3.33. The smallest absolute Gasteiger partial charge is 0.292 e. The molecule has 7 nitrogen and oxygen atoms in total. The van der Waals surface area contributed by atoms with Crippen LogP contribution in [0.25, 0.3) is 11.5 Å². The van der Waals surface area contributed by atoms with Gasteiger partial charge in [-0.15, -0.1) is 16.4 Å². The first-order valence-electron chi connectivity index (χ1n) is 8.26. The van der Waals surface area contributed by atoms with Crippen molar-refractivity contribution in [2.24, 2.45) is 0 Å². The van der Waals surface area contributed by atoms with E-state index >= 15 is 0 Å². The molecule has 1 aliphatic rings. The van der Waals surface area contributed by atoms with Gasteiger partial charge in [0.05, 0.1) is 11.5 Å². The fraction of sp³-hybridized carbons (Fsp3) is 0.294. The Morgan fingerprint density at radius 1 is 1.50 bits per heavy atom. The van der Waals surface area contributed by atoms with Crippen LogP contribution in [0.15, 0.2) is 40.1 Å². The van der Waals surface area contributed by atoms with Crippen LogP contribution in [0.1, 0.15) is 23.4 Å². The molecular formula is C17H17N4O3S2+. The average Bonchev–Trinajstić information content (AvgIpc) is 3.25. The van der Waals surface area contributed by atoms with E-state index in [2.05, 4.69) is 23.5 Å². The Bertz CT molecular complexity index is 1020. The van der Waals surface area contributed by atoms with E-state index in [0.717, 1.165) is 13.0 Å². The number of nitrogens with zero attached hydrogens (tertiary/aromatic N) is 3. The van der Waals surface area contributed by atoms with Crippen LogP contribution in [-0.4, -0.2) is 21.2 Å². The Morgan fingerprint density at radius 2 is 2.35 bits per heavy atom. The van der Waals surface area contributed by atoms with E-state index in [4.69, 9.17) is 16.6 Å². The van der Waals surface area contributed by atoms with Crippen molar-refractivity contribution in [1.29, 1.82) is 0 Å². The van der Waals surface area contributed by atoms with Crippen molar-refractivity contribution in [3.63, 3.8) is 0 Å². The number of quaternary nitrogens is 1. The van der Waals surface area contributed by atoms with Crippen LogP contribution in [0.2, 0.25) is 0 Å². The number of nitro groups is 1. The summed E-state index contributed by atoms with van der Waals surface area (Å²) in [5.74, 6) is 0.305. The molecule has 26 heavy (non-hydrogen) atoms. The molecule has 3 heterocycles. The Morgan fingerprint density at radius 3 is 3.15 bits per heavy atom. The number of hydrogen-bond donors (Lipinski definition) is 1. The summed E-state index contributed by atoms with van der Waals surface area (Å²) < 4.78 is 7.27. The van der Waals surface area contributed by atoms with Gasteiger partial charge in [-0.25, -0.2) is 0 Å². The highest BCUT2D eigenvalue weighted by Gasteiger charge is 2.29. The molecule has 0 saturated heterocycles. The Hall–Kier alpha value is -2.36. The molecule has 0 radical (unpaired) electrons. The molecule has 1 aliphatic heterocycles. The van der Waals surface area contributed by atoms with Gasteiger partial charge in [0.1, 0.15) is 6.04 Å². The van der Waals surface area contributed by atoms with E-state index in [9.17, 15) is 10.1 Å². The number of hydrogen-bond acceptors (Lipinski definition) is 6. The van der Waals surface area contributed by atoms with Crippen LogP contribution in [0.3, 0.4) is 0 Å². The SMILES string of the molecule is C[C@H]1c2ccsc2CC[NH+]1Cn1nc(-c2cccc([N+](=O)[O-])c2)oc1=S. The lowest BCUT2D eigenvalue weighted by Gasteiger charge is -2.29. The fourth-order valence-corrected chi connectivity index (χ4v) is 4.50. The first-order valence-corrected chi connectivity index (χ1v) is 9.55. The third-order valence-corrected chi connectivity index (χ3v) is 6.09. The van der Waals surface area contributed by atoms with Gasteiger partial charge in [0.2, 0.25) is 5.89 Å². The summed E-state index contributed by atoms with van der Waals surface area (Å²) in [7, 11) is 0. The maximum absolute atomic E-state index is 11.0. The number of non-ortho nitro benzene ring substituents is 1. The topological polar surface area (TPSA) is 78.5 Å². The maximum atomic E-state index is 11.0. The summed E-state index contributed by atoms with van der Waals surface area (Å²) in [5, 5.41) is 17.6. The predicted octanol–water partition coefficient (Wildman–Crippen LogP) is 3.00. The van der Waals surface area contributed by atoms with Gasteiger partial charge in [-0.05, 0) is 36.7 Å². The highest BCUT2D eigenvalue weighted by Crippen LogP contribution is 2.25. The zero-order chi connectivity index (χ0) is 18.3. The Balaban J connectivity index is 1.59. The minimum absolute atomic E-state index is 0.00145. The van der Waals surface area contributed by atoms with E-state index in [1.54, 1.807) is 16.8 Å². The lowest BCUT2D eigenvalue weighted by atomic mass is 10.0. The van der Waals surface area contributed by atoms with Gasteiger partial charge in [-0.2, -0.15) is 4.68 Å². The maximum Gasteiger partial charge on any atom is 0.292 e. The van der Waals surface area contributed by atoms with Crippen molar-refractivity contribution < 1.29 is 14.2 Å². The highest BCUT2D eigenvalue weighted by molar-refractivity contribution is 7.71. The van der Waals surface area contributed by atoms with Gasteiger partial charge in [0.15, 0.2) is 6.67 Å². The van der Waals surface area contributed by atoms with Gasteiger partial charge >= 0.3 is 0 Å². The molecule has 0 spiro atoms. The van der Waals surface area contributed by atoms with Gasteiger partial charge in [-0.3, -0.25) is 10.1 Å². The molecule has 4 rings (SSSR count). The molecular weight excluding hydrogens is 372 g/mol. The molecule has 2 atom stereocenters. The number of thiophene rings is 1. The van der Waals surface area contributed by atoms with Gasteiger partial charge in [0, 0.05) is 34.6 Å². The molecule has 134 valence electrons. The lowest BCUT2D eigenvalue weighted by Crippen LogP contribution is -3.12. The number of fused-ring (bicyclic) bond motifs is 1. The third kappa shape index (κ3) is 3.09. The Labute approximate surface area is 158 Å². The van der Waals surface area contributed by atoms with Crippen molar-refractivity contribution in [3.05, 3.63) is 61.1 Å². The second-order valence-corrected chi connectivity index (χ2v) is 7.67. The van der Waals surface area contributed by atoms with Crippen LogP contribution in [-0.2, 0) is 13.1 Å². The van der Waals surface area contributed by atoms with Crippen molar-refractivity contribution in [2.75, 3.05) is 6.54 Å². The molecule has 1 unspecified atom stereocenters. The van der Waals surface area contributed by atoms with Crippen LogP contribution in [0, 0.1) is 15.0 Å². The van der Waals surface area contributed by atoms with E-state index in [1.807, 2.05) is 11.3 Å². The average molecular weight is 389 g/mol. The lowest BCUT2D eigenvalue weighted by molar-refractivity contribution is -0.954. The van der Waals surface area contributed by atoms with E-state index in [-0.39, 0.29) is 10.5 Å². The first kappa shape index (κ1) is 17.1. The van der Waals surface area contributed by atoms with E-state index in [1.165, 1.54) is 27.5 Å². The van der Waals surface area contributed by atoms with Crippen LogP contribution in [0.5, 0.6) is 0 Å². The summed E-state index contributed by atoms with van der Waals surface area (Å²) in [4.78, 5) is 13.6. The molecule has 1 N–H and O–H groups in total. The van der Waals surface area contributed by atoms with E-state index in [0.29, 0.717) is 24.2 Å². The normalized spacial score (nSPS) is 19.3. The number of rotatable bonds is 4. The minimum atomic E-state index is -0.437. The number of aromatic nitrogens is 2. The molecule has 0 amide bonds. The van der Waals surface area contributed by atoms with Crippen molar-refractivity contribution in [3.8, 4) is 11.5 Å². The predicted molar refractivity (Wildman–Crippen MR) is 99.7 cm³/mol. The van der Waals surface area contributed by atoms with Crippen LogP contribution in [0.4, 0.5) is 5.69 Å². The second-order valence-electron chi connectivity index (χ2n) is 6.32. The van der Waals surface area contributed by atoms with Crippen LogP contribution >= 0.6 is 23.6 Å². The largest absolute Gasteiger partial charge is 0.409 e. The summed E-state index contributed by atoms with van der Waals surface area (Å²) in [6, 6.07) is 8.78. The summed E-state index contributed by atoms with van der Waals surface area (Å²) >= 11 is 7.13. The van der Waals surface area contributed by atoms with Crippen molar-refractivity contribution >= 4 is 29.2 Å². The quantitative estimate of drug-likeness (QED) is 0.422. The third-order valence-electron chi connectivity index (χ3n) is 4.79. The molecule has 1 aromatic carbocycles. The number of nitro benzene ring substituents is 1. The molecule has 2 aromatic heterocycles. The Kier molecular flexibility index (Phi) is 4.43. The zero-order valence-electron chi connectivity index (χ0n) is 14.0. The molecule has 0 fully saturated rings. The molecule has 0 bridgehead atoms. The molecule has 9 heteroatoms. The number of benzene rings is 1. The molecule has 0 saturated carbocycles. The second kappa shape index (κ2) is 6.75. The van der Waals surface area contributed by atoms with Gasteiger partial charge < -0.3 is 9.32 Å². The highest BCUT2D eigenvalue weighted by atomic mass is 32.1. The molecule has 3 aromatic rings. The number of nitrogens with one attached hydrogen (secondary N) is 1. The summed E-state index contributed by atoms with van der Waals surface area (Å²) in [5.41, 5.74) is 1.94. The van der Waals surface area contributed by atoms with E-state index < -0.39 is 4.92 Å². The van der Waals surface area contributed by atoms with Gasteiger partial charge in [0.25, 0.3) is 10.5 Å².